The highest BCUT2D eigenvalue weighted by molar-refractivity contribution is 5.91. The molecule has 0 saturated carbocycles. The highest BCUT2D eigenvalue weighted by atomic mass is 16.6. The summed E-state index contributed by atoms with van der Waals surface area (Å²) in [7, 11) is 0. The molecule has 4 heteroatoms. The number of hydrogen-bond acceptors (Lipinski definition) is 3. The molecule has 0 aliphatic carbocycles. The summed E-state index contributed by atoms with van der Waals surface area (Å²) in [6.07, 6.45) is 0.169. The molecule has 0 fully saturated rings. The molecule has 0 bridgehead atoms. The van der Waals surface area contributed by atoms with Crippen LogP contribution in [0.15, 0.2) is 24.3 Å². The van der Waals surface area contributed by atoms with Crippen LogP contribution < -0.4 is 4.90 Å². The lowest BCUT2D eigenvalue weighted by atomic mass is 10.2. The normalized spacial score (nSPS) is 10.9. The zero-order valence-corrected chi connectivity index (χ0v) is 11.3. The SMILES string of the molecule is Cc1ccc(N(CC=O)C(=O)OC(C)(C)C)cc1. The molecule has 4 nitrogen and oxygen atoms in total. The maximum atomic E-state index is 12.0. The summed E-state index contributed by atoms with van der Waals surface area (Å²) in [6, 6.07) is 7.36. The van der Waals surface area contributed by atoms with Gasteiger partial charge in [-0.1, -0.05) is 17.7 Å². The molecule has 0 aliphatic rings. The maximum absolute atomic E-state index is 12.0. The first-order valence-corrected chi connectivity index (χ1v) is 5.84. The molecule has 98 valence electrons. The topological polar surface area (TPSA) is 46.6 Å². The predicted octanol–water partition coefficient (Wildman–Crippen LogP) is 2.94. The van der Waals surface area contributed by atoms with Crippen LogP contribution in [-0.4, -0.2) is 24.5 Å². The summed E-state index contributed by atoms with van der Waals surface area (Å²) in [5, 5.41) is 0. The molecule has 0 N–H and O–H groups in total. The van der Waals surface area contributed by atoms with Crippen molar-refractivity contribution in [1.82, 2.24) is 0 Å². The molecule has 0 aliphatic heterocycles. The van der Waals surface area contributed by atoms with Crippen LogP contribution in [0.5, 0.6) is 0 Å². The number of anilines is 1. The number of hydrogen-bond donors (Lipinski definition) is 0. The minimum atomic E-state index is -0.580. The third-order valence-electron chi connectivity index (χ3n) is 2.22. The summed E-state index contributed by atoms with van der Waals surface area (Å²) in [5.41, 5.74) is 1.17. The van der Waals surface area contributed by atoms with Crippen LogP contribution in [0, 0.1) is 6.92 Å². The van der Waals surface area contributed by atoms with Crippen LogP contribution in [0.4, 0.5) is 10.5 Å². The Labute approximate surface area is 108 Å². The minimum Gasteiger partial charge on any atom is -0.443 e. The third-order valence-corrected chi connectivity index (χ3v) is 2.22. The summed E-state index contributed by atoms with van der Waals surface area (Å²) in [4.78, 5) is 24.0. The molecule has 18 heavy (non-hydrogen) atoms. The Kier molecular flexibility index (Phi) is 4.48. The standard InChI is InChI=1S/C14H19NO3/c1-11-5-7-12(8-6-11)15(9-10-16)13(17)18-14(2,3)4/h5-8,10H,9H2,1-4H3. The van der Waals surface area contributed by atoms with Crippen LogP contribution in [0.1, 0.15) is 26.3 Å². The van der Waals surface area contributed by atoms with E-state index in [1.807, 2.05) is 19.1 Å². The molecule has 0 radical (unpaired) electrons. The second-order valence-electron chi connectivity index (χ2n) is 5.09. The Morgan fingerprint density at radius 2 is 1.83 bits per heavy atom. The second-order valence-corrected chi connectivity index (χ2v) is 5.09. The maximum Gasteiger partial charge on any atom is 0.415 e. The van der Waals surface area contributed by atoms with Gasteiger partial charge in [-0.05, 0) is 39.8 Å². The van der Waals surface area contributed by atoms with Crippen molar-refractivity contribution in [3.05, 3.63) is 29.8 Å². The Hall–Kier alpha value is -1.84. The number of amides is 1. The van der Waals surface area contributed by atoms with E-state index in [-0.39, 0.29) is 6.54 Å². The van der Waals surface area contributed by atoms with E-state index in [1.54, 1.807) is 32.9 Å². The van der Waals surface area contributed by atoms with Crippen molar-refractivity contribution in [3.8, 4) is 0 Å². The van der Waals surface area contributed by atoms with Gasteiger partial charge in [0.2, 0.25) is 0 Å². The average molecular weight is 249 g/mol. The lowest BCUT2D eigenvalue weighted by molar-refractivity contribution is -0.106. The van der Waals surface area contributed by atoms with Gasteiger partial charge in [0.05, 0.1) is 6.54 Å². The van der Waals surface area contributed by atoms with Gasteiger partial charge in [-0.25, -0.2) is 4.79 Å². The van der Waals surface area contributed by atoms with Gasteiger partial charge in [0.25, 0.3) is 0 Å². The lowest BCUT2D eigenvalue weighted by Crippen LogP contribution is -2.38. The molecule has 1 aromatic rings. The molecule has 0 saturated heterocycles. The zero-order chi connectivity index (χ0) is 13.8. The fraction of sp³-hybridized carbons (Fsp3) is 0.429. The number of nitrogens with zero attached hydrogens (tertiary/aromatic N) is 1. The van der Waals surface area contributed by atoms with Gasteiger partial charge in [-0.3, -0.25) is 4.90 Å². The highest BCUT2D eigenvalue weighted by Crippen LogP contribution is 2.18. The van der Waals surface area contributed by atoms with E-state index >= 15 is 0 Å². The fourth-order valence-corrected chi connectivity index (χ4v) is 1.40. The van der Waals surface area contributed by atoms with Crippen molar-refractivity contribution in [2.75, 3.05) is 11.4 Å². The van der Waals surface area contributed by atoms with Crippen LogP contribution in [0.25, 0.3) is 0 Å². The Morgan fingerprint density at radius 3 is 2.28 bits per heavy atom. The second kappa shape index (κ2) is 5.67. The quantitative estimate of drug-likeness (QED) is 0.774. The summed E-state index contributed by atoms with van der Waals surface area (Å²) >= 11 is 0. The Balaban J connectivity index is 2.91. The van der Waals surface area contributed by atoms with Gasteiger partial charge in [-0.15, -0.1) is 0 Å². The molecule has 0 atom stereocenters. The van der Waals surface area contributed by atoms with E-state index in [9.17, 15) is 9.59 Å². The van der Waals surface area contributed by atoms with E-state index in [0.29, 0.717) is 12.0 Å². The number of aryl methyl sites for hydroxylation is 1. The van der Waals surface area contributed by atoms with Gasteiger partial charge in [-0.2, -0.15) is 0 Å². The van der Waals surface area contributed by atoms with Gasteiger partial charge < -0.3 is 9.53 Å². The molecule has 0 heterocycles. The van der Waals surface area contributed by atoms with Crippen LogP contribution >= 0.6 is 0 Å². The van der Waals surface area contributed by atoms with Crippen molar-refractivity contribution >= 4 is 18.1 Å². The molecular weight excluding hydrogens is 230 g/mol. The average Bonchev–Trinajstić information content (AvgIpc) is 2.25. The van der Waals surface area contributed by atoms with Crippen LogP contribution in [-0.2, 0) is 9.53 Å². The third kappa shape index (κ3) is 4.20. The number of carbonyl (C=O) groups excluding carboxylic acids is 2. The number of ether oxygens (including phenoxy) is 1. The monoisotopic (exact) mass is 249 g/mol. The molecule has 1 aromatic carbocycles. The van der Waals surface area contributed by atoms with Crippen LogP contribution in [0.2, 0.25) is 0 Å². The first-order chi connectivity index (χ1) is 8.33. The molecule has 1 rings (SSSR count). The van der Waals surface area contributed by atoms with Gasteiger partial charge in [0, 0.05) is 5.69 Å². The van der Waals surface area contributed by atoms with E-state index in [0.717, 1.165) is 5.56 Å². The first-order valence-electron chi connectivity index (χ1n) is 5.84. The fourth-order valence-electron chi connectivity index (χ4n) is 1.40. The number of carbonyl (C=O) groups is 2. The zero-order valence-electron chi connectivity index (χ0n) is 11.3. The summed E-state index contributed by atoms with van der Waals surface area (Å²) in [6.45, 7) is 7.32. The van der Waals surface area contributed by atoms with Crippen molar-refractivity contribution in [3.63, 3.8) is 0 Å². The Bertz CT molecular complexity index is 418. The Morgan fingerprint density at radius 1 is 1.28 bits per heavy atom. The summed E-state index contributed by atoms with van der Waals surface area (Å²) in [5.74, 6) is 0. The van der Waals surface area contributed by atoms with Gasteiger partial charge >= 0.3 is 6.09 Å². The van der Waals surface area contributed by atoms with E-state index in [2.05, 4.69) is 0 Å². The molecule has 1 amide bonds. The molecule has 0 spiro atoms. The van der Waals surface area contributed by atoms with Gasteiger partial charge in [0.1, 0.15) is 11.9 Å². The summed E-state index contributed by atoms with van der Waals surface area (Å²) < 4.78 is 5.27. The van der Waals surface area contributed by atoms with Crippen molar-refractivity contribution in [2.45, 2.75) is 33.3 Å². The lowest BCUT2D eigenvalue weighted by Gasteiger charge is -2.26. The minimum absolute atomic E-state index is 0.0159. The number of aldehydes is 1. The molecular formula is C14H19NO3. The largest absolute Gasteiger partial charge is 0.443 e. The highest BCUT2D eigenvalue weighted by Gasteiger charge is 2.22. The van der Waals surface area contributed by atoms with Gasteiger partial charge in [0.15, 0.2) is 0 Å². The smallest absolute Gasteiger partial charge is 0.415 e. The molecule has 0 aromatic heterocycles. The van der Waals surface area contributed by atoms with E-state index in [1.165, 1.54) is 4.90 Å². The molecule has 0 unspecified atom stereocenters. The first kappa shape index (κ1) is 14.2. The predicted molar refractivity (Wildman–Crippen MR) is 70.8 cm³/mol. The number of benzene rings is 1. The van der Waals surface area contributed by atoms with Crippen LogP contribution in [0.3, 0.4) is 0 Å². The number of rotatable bonds is 3. The van der Waals surface area contributed by atoms with E-state index in [4.69, 9.17) is 4.74 Å². The van der Waals surface area contributed by atoms with Crippen molar-refractivity contribution in [1.29, 1.82) is 0 Å². The van der Waals surface area contributed by atoms with Crippen molar-refractivity contribution in [2.24, 2.45) is 0 Å². The van der Waals surface area contributed by atoms with E-state index < -0.39 is 11.7 Å². The van der Waals surface area contributed by atoms with Crippen molar-refractivity contribution < 1.29 is 14.3 Å².